The Kier molecular flexibility index (Phi) is 8.06. The molecule has 0 aliphatic rings. The number of benzene rings is 1. The monoisotopic (exact) mass is 546 g/mol. The molecular formula is C15H11Cl8FN4. The first kappa shape index (κ1) is 24.5. The zero-order valence-corrected chi connectivity index (χ0v) is 20.1. The maximum absolute atomic E-state index is 14.9. The van der Waals surface area contributed by atoms with Crippen molar-refractivity contribution in [2.24, 2.45) is 0 Å². The van der Waals surface area contributed by atoms with Crippen LogP contribution in [0, 0.1) is 5.82 Å². The van der Waals surface area contributed by atoms with Crippen molar-refractivity contribution in [3.05, 3.63) is 35.7 Å². The van der Waals surface area contributed by atoms with Crippen LogP contribution in [0.15, 0.2) is 18.2 Å². The molecule has 2 aromatic rings. The summed E-state index contributed by atoms with van der Waals surface area (Å²) >= 11 is 47.3. The molecule has 2 unspecified atom stereocenters. The molecular weight excluding hydrogens is 539 g/mol. The van der Waals surface area contributed by atoms with Gasteiger partial charge in [0.25, 0.3) is 0 Å². The highest BCUT2D eigenvalue weighted by Crippen LogP contribution is 2.41. The number of anilines is 1. The van der Waals surface area contributed by atoms with Crippen LogP contribution >= 0.6 is 92.8 Å². The van der Waals surface area contributed by atoms with E-state index in [0.717, 1.165) is 0 Å². The zero-order chi connectivity index (χ0) is 21.4. The lowest BCUT2D eigenvalue weighted by molar-refractivity contribution is 0.627. The summed E-state index contributed by atoms with van der Waals surface area (Å²) < 4.78 is 10.8. The van der Waals surface area contributed by atoms with E-state index in [1.165, 1.54) is 12.1 Å². The number of nitrogens with zero attached hydrogens (tertiary/aromatic N) is 4. The third-order valence-corrected chi connectivity index (χ3v) is 4.84. The van der Waals surface area contributed by atoms with E-state index in [-0.39, 0.29) is 23.0 Å². The van der Waals surface area contributed by atoms with Crippen molar-refractivity contribution in [2.45, 2.75) is 32.4 Å². The molecule has 1 aromatic heterocycles. The molecule has 1 heterocycles. The highest BCUT2D eigenvalue weighted by molar-refractivity contribution is 6.67. The standard InChI is InChI=1S/C15H11Cl8FN4/c1-6(16)28(7(2)17)8-3-4-9(10(24)5-8)11-25-12(14(18,19)20)27-13(26-11)15(21,22)23/h3-7H,1-2H3. The van der Waals surface area contributed by atoms with Gasteiger partial charge in [0, 0.05) is 5.69 Å². The maximum Gasteiger partial charge on any atom is 0.250 e. The lowest BCUT2D eigenvalue weighted by Gasteiger charge is -2.30. The Labute approximate surface area is 201 Å². The summed E-state index contributed by atoms with van der Waals surface area (Å²) in [4.78, 5) is 13.4. The first-order valence-corrected chi connectivity index (χ1v) is 10.6. The molecule has 0 bridgehead atoms. The number of halogens is 9. The molecule has 0 saturated heterocycles. The van der Waals surface area contributed by atoms with Crippen LogP contribution in [0.2, 0.25) is 0 Å². The van der Waals surface area contributed by atoms with Crippen LogP contribution in [-0.4, -0.2) is 26.0 Å². The number of alkyl halides is 8. The van der Waals surface area contributed by atoms with Crippen molar-refractivity contribution in [1.29, 1.82) is 0 Å². The Morgan fingerprint density at radius 3 is 1.68 bits per heavy atom. The predicted molar refractivity (Wildman–Crippen MR) is 117 cm³/mol. The summed E-state index contributed by atoms with van der Waals surface area (Å²) in [5.41, 5.74) is -0.547. The lowest BCUT2D eigenvalue weighted by Crippen LogP contribution is -2.34. The van der Waals surface area contributed by atoms with Crippen LogP contribution in [0.5, 0.6) is 0 Å². The van der Waals surface area contributed by atoms with Gasteiger partial charge in [-0.05, 0) is 32.0 Å². The number of rotatable bonds is 4. The molecule has 0 N–H and O–H groups in total. The molecule has 0 aliphatic carbocycles. The van der Waals surface area contributed by atoms with Gasteiger partial charge in [0.05, 0.1) is 5.56 Å². The van der Waals surface area contributed by atoms with Crippen LogP contribution in [0.4, 0.5) is 10.1 Å². The minimum Gasteiger partial charge on any atom is -0.339 e. The van der Waals surface area contributed by atoms with E-state index in [9.17, 15) is 4.39 Å². The fraction of sp³-hybridized carbons (Fsp3) is 0.400. The largest absolute Gasteiger partial charge is 0.339 e. The van der Waals surface area contributed by atoms with E-state index in [0.29, 0.717) is 5.69 Å². The molecule has 0 spiro atoms. The minimum absolute atomic E-state index is 0.0263. The van der Waals surface area contributed by atoms with Gasteiger partial charge in [-0.2, -0.15) is 0 Å². The SMILES string of the molecule is CC(Cl)N(c1ccc(-c2nc(C(Cl)(Cl)Cl)nc(C(Cl)(Cl)Cl)n2)c(F)c1)C(C)Cl. The third-order valence-electron chi connectivity index (χ3n) is 3.40. The van der Waals surface area contributed by atoms with Gasteiger partial charge in [-0.25, -0.2) is 19.3 Å². The van der Waals surface area contributed by atoms with Gasteiger partial charge in [0.2, 0.25) is 7.59 Å². The fourth-order valence-corrected chi connectivity index (χ4v) is 3.42. The second-order valence-electron chi connectivity index (χ2n) is 5.52. The predicted octanol–water partition coefficient (Wildman–Crippen LogP) is 7.31. The Hall–Kier alpha value is 0.280. The molecule has 0 radical (unpaired) electrons. The van der Waals surface area contributed by atoms with Gasteiger partial charge in [-0.1, -0.05) is 92.8 Å². The van der Waals surface area contributed by atoms with Crippen molar-refractivity contribution >= 4 is 98.5 Å². The molecule has 28 heavy (non-hydrogen) atoms. The number of aromatic nitrogens is 3. The average molecular weight is 550 g/mol. The summed E-state index contributed by atoms with van der Waals surface area (Å²) in [5.74, 6) is -1.50. The molecule has 0 amide bonds. The van der Waals surface area contributed by atoms with Gasteiger partial charge >= 0.3 is 0 Å². The van der Waals surface area contributed by atoms with Crippen molar-refractivity contribution < 1.29 is 4.39 Å². The Morgan fingerprint density at radius 1 is 0.857 bits per heavy atom. The van der Waals surface area contributed by atoms with E-state index >= 15 is 0 Å². The van der Waals surface area contributed by atoms with Crippen LogP contribution in [-0.2, 0) is 7.59 Å². The molecule has 2 rings (SSSR count). The normalized spacial score (nSPS) is 14.7. The molecule has 2 atom stereocenters. The van der Waals surface area contributed by atoms with E-state index in [4.69, 9.17) is 92.8 Å². The molecule has 1 aromatic carbocycles. The summed E-state index contributed by atoms with van der Waals surface area (Å²) in [6, 6.07) is 4.22. The quantitative estimate of drug-likeness (QED) is 0.296. The van der Waals surface area contributed by atoms with Crippen LogP contribution in [0.25, 0.3) is 11.4 Å². The summed E-state index contributed by atoms with van der Waals surface area (Å²) in [7, 11) is 0. The number of hydrogen-bond donors (Lipinski definition) is 0. The summed E-state index contributed by atoms with van der Waals surface area (Å²) in [5, 5.41) is 0. The van der Waals surface area contributed by atoms with Gasteiger partial charge in [0.15, 0.2) is 17.5 Å². The maximum atomic E-state index is 14.9. The topological polar surface area (TPSA) is 41.9 Å². The van der Waals surface area contributed by atoms with Gasteiger partial charge in [-0.3, -0.25) is 0 Å². The van der Waals surface area contributed by atoms with Crippen molar-refractivity contribution in [2.75, 3.05) is 4.90 Å². The first-order valence-electron chi connectivity index (χ1n) is 7.48. The van der Waals surface area contributed by atoms with Crippen LogP contribution in [0.1, 0.15) is 25.5 Å². The highest BCUT2D eigenvalue weighted by atomic mass is 35.6. The lowest BCUT2D eigenvalue weighted by atomic mass is 10.1. The molecule has 154 valence electrons. The molecule has 0 saturated carbocycles. The second kappa shape index (κ2) is 9.19. The summed E-state index contributed by atoms with van der Waals surface area (Å²) in [6.45, 7) is 3.41. The second-order valence-corrected chi connectivity index (χ2v) is 11.3. The van der Waals surface area contributed by atoms with E-state index in [1.807, 2.05) is 0 Å². The zero-order valence-electron chi connectivity index (χ0n) is 14.1. The Balaban J connectivity index is 2.62. The van der Waals surface area contributed by atoms with E-state index in [2.05, 4.69) is 15.0 Å². The third kappa shape index (κ3) is 5.92. The van der Waals surface area contributed by atoms with Crippen molar-refractivity contribution in [1.82, 2.24) is 15.0 Å². The summed E-state index contributed by atoms with van der Waals surface area (Å²) in [6.07, 6.45) is 0. The first-order chi connectivity index (χ1) is 12.7. The minimum atomic E-state index is -2.04. The van der Waals surface area contributed by atoms with Crippen molar-refractivity contribution in [3.8, 4) is 11.4 Å². The average Bonchev–Trinajstić information content (AvgIpc) is 2.52. The van der Waals surface area contributed by atoms with E-state index in [1.54, 1.807) is 24.8 Å². The molecule has 0 fully saturated rings. The molecule has 13 heteroatoms. The Morgan fingerprint density at radius 2 is 1.32 bits per heavy atom. The van der Waals surface area contributed by atoms with E-state index < -0.39 is 24.4 Å². The van der Waals surface area contributed by atoms with Gasteiger partial charge in [0.1, 0.15) is 16.8 Å². The smallest absolute Gasteiger partial charge is 0.250 e. The molecule has 0 aliphatic heterocycles. The Bertz CT molecular complexity index is 811. The fourth-order valence-electron chi connectivity index (χ4n) is 2.29. The molecule has 4 nitrogen and oxygen atoms in total. The van der Waals surface area contributed by atoms with Gasteiger partial charge < -0.3 is 4.90 Å². The number of hydrogen-bond acceptors (Lipinski definition) is 4. The van der Waals surface area contributed by atoms with Crippen LogP contribution < -0.4 is 4.90 Å². The van der Waals surface area contributed by atoms with Crippen molar-refractivity contribution in [3.63, 3.8) is 0 Å². The highest BCUT2D eigenvalue weighted by Gasteiger charge is 2.34. The van der Waals surface area contributed by atoms with Crippen LogP contribution in [0.3, 0.4) is 0 Å². The van der Waals surface area contributed by atoms with Gasteiger partial charge in [-0.15, -0.1) is 0 Å².